The molecule has 0 saturated heterocycles. The highest BCUT2D eigenvalue weighted by molar-refractivity contribution is 7.87. The smallest absolute Gasteiger partial charge is 0.382 e. The Kier molecular flexibility index (Phi) is 5.01. The van der Waals surface area contributed by atoms with E-state index in [1.165, 1.54) is 12.1 Å². The molecule has 0 aliphatic rings. The summed E-state index contributed by atoms with van der Waals surface area (Å²) in [6, 6.07) is 7.84. The van der Waals surface area contributed by atoms with E-state index in [2.05, 4.69) is 0 Å². The average Bonchev–Trinajstić information content (AvgIpc) is 2.24. The number of rotatable bonds is 6. The Labute approximate surface area is 104 Å². The Morgan fingerprint density at radius 3 is 2.22 bits per heavy atom. The first kappa shape index (κ1) is 14.8. The summed E-state index contributed by atoms with van der Waals surface area (Å²) in [5.41, 5.74) is 0. The van der Waals surface area contributed by atoms with Crippen molar-refractivity contribution in [2.24, 2.45) is 0 Å². The summed E-state index contributed by atoms with van der Waals surface area (Å²) in [5, 5.41) is 0. The van der Waals surface area contributed by atoms with Crippen LogP contribution in [0.5, 0.6) is 5.75 Å². The molecular formula is C11H13F3O3S. The normalized spacial score (nSPS) is 12.4. The van der Waals surface area contributed by atoms with Gasteiger partial charge in [0.25, 0.3) is 0 Å². The lowest BCUT2D eigenvalue weighted by Gasteiger charge is -2.07. The van der Waals surface area contributed by atoms with Crippen LogP contribution in [-0.4, -0.2) is 20.3 Å². The summed E-state index contributed by atoms with van der Waals surface area (Å²) in [7, 11) is -3.82. The van der Waals surface area contributed by atoms with Crippen LogP contribution in [0.4, 0.5) is 13.2 Å². The third-order valence-corrected chi connectivity index (χ3v) is 3.31. The lowest BCUT2D eigenvalue weighted by molar-refractivity contribution is -0.135. The van der Waals surface area contributed by atoms with Gasteiger partial charge in [-0.05, 0) is 25.0 Å². The topological polar surface area (TPSA) is 43.4 Å². The van der Waals surface area contributed by atoms with Crippen LogP contribution >= 0.6 is 0 Å². The molecular weight excluding hydrogens is 269 g/mol. The van der Waals surface area contributed by atoms with Gasteiger partial charge in [-0.2, -0.15) is 21.6 Å². The van der Waals surface area contributed by atoms with Crippen molar-refractivity contribution >= 4 is 10.1 Å². The molecule has 0 amide bonds. The van der Waals surface area contributed by atoms with Crippen LogP contribution in [0.1, 0.15) is 19.3 Å². The van der Waals surface area contributed by atoms with Crippen LogP contribution in [0.25, 0.3) is 0 Å². The molecule has 1 rings (SSSR count). The van der Waals surface area contributed by atoms with Gasteiger partial charge in [-0.3, -0.25) is 0 Å². The van der Waals surface area contributed by atoms with Crippen LogP contribution in [0, 0.1) is 0 Å². The molecule has 0 aromatic heterocycles. The molecule has 0 unspecified atom stereocenters. The largest absolute Gasteiger partial charge is 0.389 e. The van der Waals surface area contributed by atoms with Crippen LogP contribution in [-0.2, 0) is 10.1 Å². The van der Waals surface area contributed by atoms with Crippen LogP contribution in [0.2, 0.25) is 0 Å². The molecule has 0 aliphatic heterocycles. The minimum Gasteiger partial charge on any atom is -0.382 e. The molecule has 7 heteroatoms. The Morgan fingerprint density at radius 2 is 1.67 bits per heavy atom. The molecule has 0 spiro atoms. The molecule has 0 fully saturated rings. The molecule has 0 saturated carbocycles. The standard InChI is InChI=1S/C11H13F3O3S/c12-11(13,14)8-4-5-9-18(15,16)17-10-6-2-1-3-7-10/h1-3,6-7H,4-5,8-9H2. The Morgan fingerprint density at radius 1 is 1.06 bits per heavy atom. The molecule has 3 nitrogen and oxygen atoms in total. The van der Waals surface area contributed by atoms with Crippen molar-refractivity contribution in [3.05, 3.63) is 30.3 Å². The Bertz CT molecular complexity index is 454. The van der Waals surface area contributed by atoms with Gasteiger partial charge in [0, 0.05) is 6.42 Å². The van der Waals surface area contributed by atoms with Crippen LogP contribution in [0.15, 0.2) is 30.3 Å². The fourth-order valence-electron chi connectivity index (χ4n) is 1.27. The number of alkyl halides is 3. The minimum absolute atomic E-state index is 0.0747. The maximum absolute atomic E-state index is 11.8. The highest BCUT2D eigenvalue weighted by Crippen LogP contribution is 2.22. The number of hydrogen-bond acceptors (Lipinski definition) is 3. The molecule has 0 bridgehead atoms. The van der Waals surface area contributed by atoms with Gasteiger partial charge in [0.2, 0.25) is 0 Å². The first-order valence-corrected chi connectivity index (χ1v) is 6.90. The summed E-state index contributed by atoms with van der Waals surface area (Å²) < 4.78 is 63.1. The second-order valence-corrected chi connectivity index (χ2v) is 5.42. The molecule has 0 heterocycles. The fourth-order valence-corrected chi connectivity index (χ4v) is 2.31. The fraction of sp³-hybridized carbons (Fsp3) is 0.455. The lowest BCUT2D eigenvalue weighted by Crippen LogP contribution is -2.15. The number of unbranched alkanes of at least 4 members (excludes halogenated alkanes) is 1. The predicted molar refractivity (Wildman–Crippen MR) is 60.8 cm³/mol. The number of halogens is 3. The quantitative estimate of drug-likeness (QED) is 0.594. The third-order valence-electron chi connectivity index (χ3n) is 2.07. The van der Waals surface area contributed by atoms with E-state index in [1.54, 1.807) is 18.2 Å². The molecule has 0 aliphatic carbocycles. The first-order valence-electron chi connectivity index (χ1n) is 5.32. The van der Waals surface area contributed by atoms with Crippen molar-refractivity contribution in [1.29, 1.82) is 0 Å². The highest BCUT2D eigenvalue weighted by Gasteiger charge is 2.26. The summed E-state index contributed by atoms with van der Waals surface area (Å²) in [6.45, 7) is 0. The van der Waals surface area contributed by atoms with Crippen molar-refractivity contribution in [1.82, 2.24) is 0 Å². The zero-order chi connectivity index (χ0) is 13.6. The third kappa shape index (κ3) is 6.48. The second-order valence-electron chi connectivity index (χ2n) is 3.73. The van der Waals surface area contributed by atoms with E-state index in [1.807, 2.05) is 0 Å². The SMILES string of the molecule is O=S(=O)(CCCCC(F)(F)F)Oc1ccccc1. The van der Waals surface area contributed by atoms with Crippen LogP contribution in [0.3, 0.4) is 0 Å². The lowest BCUT2D eigenvalue weighted by atomic mass is 10.2. The Balaban J connectivity index is 2.37. The number of benzene rings is 1. The molecule has 1 aromatic rings. The van der Waals surface area contributed by atoms with Gasteiger partial charge >= 0.3 is 16.3 Å². The van der Waals surface area contributed by atoms with Crippen molar-refractivity contribution in [3.63, 3.8) is 0 Å². The van der Waals surface area contributed by atoms with Gasteiger partial charge in [-0.25, -0.2) is 0 Å². The van der Waals surface area contributed by atoms with Gasteiger partial charge in [0.05, 0.1) is 5.75 Å². The molecule has 0 N–H and O–H groups in total. The van der Waals surface area contributed by atoms with E-state index >= 15 is 0 Å². The van der Waals surface area contributed by atoms with Crippen molar-refractivity contribution in [3.8, 4) is 5.75 Å². The van der Waals surface area contributed by atoms with Crippen molar-refractivity contribution < 1.29 is 25.8 Å². The zero-order valence-electron chi connectivity index (χ0n) is 9.48. The maximum Gasteiger partial charge on any atom is 0.389 e. The van der Waals surface area contributed by atoms with Gasteiger partial charge < -0.3 is 4.18 Å². The van der Waals surface area contributed by atoms with Crippen molar-refractivity contribution in [2.45, 2.75) is 25.4 Å². The number of hydrogen-bond donors (Lipinski definition) is 0. The van der Waals surface area contributed by atoms with Gasteiger partial charge in [0.15, 0.2) is 0 Å². The van der Waals surface area contributed by atoms with E-state index < -0.39 is 28.5 Å². The second kappa shape index (κ2) is 6.08. The summed E-state index contributed by atoms with van der Waals surface area (Å²) in [6.07, 6.45) is -5.52. The average molecular weight is 282 g/mol. The highest BCUT2D eigenvalue weighted by atomic mass is 32.2. The molecule has 1 aromatic carbocycles. The number of para-hydroxylation sites is 1. The maximum atomic E-state index is 11.8. The molecule has 102 valence electrons. The van der Waals surface area contributed by atoms with Crippen LogP contribution < -0.4 is 4.18 Å². The van der Waals surface area contributed by atoms with Crippen molar-refractivity contribution in [2.75, 3.05) is 5.75 Å². The van der Waals surface area contributed by atoms with Gasteiger partial charge in [-0.15, -0.1) is 0 Å². The van der Waals surface area contributed by atoms with Gasteiger partial charge in [-0.1, -0.05) is 18.2 Å². The minimum atomic E-state index is -4.25. The molecule has 0 radical (unpaired) electrons. The van der Waals surface area contributed by atoms with E-state index in [4.69, 9.17) is 4.18 Å². The van der Waals surface area contributed by atoms with E-state index in [0.717, 1.165) is 0 Å². The summed E-state index contributed by atoms with van der Waals surface area (Å²) >= 11 is 0. The summed E-state index contributed by atoms with van der Waals surface area (Å²) in [4.78, 5) is 0. The van der Waals surface area contributed by atoms with Gasteiger partial charge in [0.1, 0.15) is 5.75 Å². The zero-order valence-corrected chi connectivity index (χ0v) is 10.3. The Hall–Kier alpha value is -1.24. The predicted octanol–water partition coefficient (Wildman–Crippen LogP) is 3.13. The van der Waals surface area contributed by atoms with E-state index in [9.17, 15) is 21.6 Å². The monoisotopic (exact) mass is 282 g/mol. The van der Waals surface area contributed by atoms with E-state index in [0.29, 0.717) is 0 Å². The van der Waals surface area contributed by atoms with E-state index in [-0.39, 0.29) is 18.6 Å². The molecule has 18 heavy (non-hydrogen) atoms. The first-order chi connectivity index (χ1) is 8.29. The summed E-state index contributed by atoms with van der Waals surface area (Å²) in [5.74, 6) is -0.258. The molecule has 0 atom stereocenters.